The van der Waals surface area contributed by atoms with Gasteiger partial charge in [0.2, 0.25) is 0 Å². The Morgan fingerprint density at radius 1 is 0.875 bits per heavy atom. The topological polar surface area (TPSA) is 66.5 Å². The van der Waals surface area contributed by atoms with Crippen molar-refractivity contribution in [3.63, 3.8) is 0 Å². The molecule has 0 radical (unpaired) electrons. The summed E-state index contributed by atoms with van der Waals surface area (Å²) >= 11 is 0. The van der Waals surface area contributed by atoms with E-state index >= 15 is 0 Å². The van der Waals surface area contributed by atoms with Crippen LogP contribution in [-0.4, -0.2) is 28.5 Å². The Kier molecular flexibility index (Phi) is 23.2. The van der Waals surface area contributed by atoms with Crippen LogP contribution < -0.4 is 5.73 Å². The van der Waals surface area contributed by atoms with Gasteiger partial charge in [-0.3, -0.25) is 0 Å². The zero-order valence-electron chi connectivity index (χ0n) is 10.2. The van der Waals surface area contributed by atoms with E-state index in [2.05, 4.69) is 6.92 Å². The summed E-state index contributed by atoms with van der Waals surface area (Å²) in [6.45, 7) is 9.61. The Bertz CT molecular complexity index is 103. The maximum atomic E-state index is 8.82. The predicted octanol–water partition coefficient (Wildman–Crippen LogP) is 2.79. The van der Waals surface area contributed by atoms with Crippen LogP contribution in [0.3, 0.4) is 0 Å². The molecule has 3 nitrogen and oxygen atoms in total. The van der Waals surface area contributed by atoms with Gasteiger partial charge < -0.3 is 15.9 Å². The largest absolute Gasteiger partial charge is 0.393 e. The Balaban J connectivity index is -0.0000000800. The quantitative estimate of drug-likeness (QED) is 0.704. The van der Waals surface area contributed by atoms with Crippen LogP contribution in [0.2, 0.25) is 0 Å². The Morgan fingerprint density at radius 2 is 1.25 bits per heavy atom. The third-order valence-corrected chi connectivity index (χ3v) is 2.56. The number of aliphatic hydroxyl groups is 2. The summed E-state index contributed by atoms with van der Waals surface area (Å²) in [4.78, 5) is 0. The molecule has 0 heterocycles. The van der Waals surface area contributed by atoms with Crippen LogP contribution in [0.5, 0.6) is 0 Å². The first-order chi connectivity index (χ1) is 6.36. The second-order valence-corrected chi connectivity index (χ2v) is 3.94. The first kappa shape index (κ1) is 24.9. The summed E-state index contributed by atoms with van der Waals surface area (Å²) in [5, 5.41) is 17.5. The number of nitrogens with two attached hydrogens (primary N) is 1. The second kappa shape index (κ2) is 14.9. The maximum absolute atomic E-state index is 8.82. The van der Waals surface area contributed by atoms with Crippen molar-refractivity contribution in [2.45, 2.75) is 80.6 Å². The summed E-state index contributed by atoms with van der Waals surface area (Å²) in [5.41, 5.74) is 5.37. The molecule has 0 aromatic rings. The monoisotopic (exact) mass is 237 g/mol. The van der Waals surface area contributed by atoms with Gasteiger partial charge in [0.05, 0.1) is 12.2 Å². The summed E-state index contributed by atoms with van der Waals surface area (Å²) in [6.07, 6.45) is 1.42. The molecule has 0 saturated heterocycles. The maximum Gasteiger partial charge on any atom is 0.0662 e. The molecule has 0 aromatic carbocycles. The normalized spacial score (nSPS) is 16.5. The molecule has 16 heavy (non-hydrogen) atoms. The molecule has 0 fully saturated rings. The van der Waals surface area contributed by atoms with Crippen LogP contribution in [0.25, 0.3) is 0 Å². The molecule has 0 aromatic heterocycles. The van der Waals surface area contributed by atoms with Gasteiger partial charge in [-0.05, 0) is 26.2 Å². The summed E-state index contributed by atoms with van der Waals surface area (Å²) in [5.74, 6) is 0.458. The average Bonchev–Trinajstić information content (AvgIpc) is 2.15. The Labute approximate surface area is 103 Å². The minimum absolute atomic E-state index is 0. The van der Waals surface area contributed by atoms with E-state index in [1.165, 1.54) is 0 Å². The lowest BCUT2D eigenvalue weighted by molar-refractivity contribution is 0.133. The van der Waals surface area contributed by atoms with Gasteiger partial charge in [0.25, 0.3) is 0 Å². The molecule has 0 saturated carbocycles. The van der Waals surface area contributed by atoms with Gasteiger partial charge in [0.15, 0.2) is 0 Å². The van der Waals surface area contributed by atoms with Gasteiger partial charge >= 0.3 is 0 Å². The van der Waals surface area contributed by atoms with Crippen molar-refractivity contribution in [2.75, 3.05) is 0 Å². The van der Waals surface area contributed by atoms with Crippen molar-refractivity contribution in [1.82, 2.24) is 0 Å². The molecule has 4 atom stereocenters. The van der Waals surface area contributed by atoms with Gasteiger partial charge in [-0.1, -0.05) is 42.0 Å². The number of aliphatic hydroxyl groups excluding tert-OH is 2. The fourth-order valence-corrected chi connectivity index (χ4v) is 0.682. The van der Waals surface area contributed by atoms with E-state index in [-0.39, 0.29) is 33.1 Å². The highest BCUT2D eigenvalue weighted by Gasteiger charge is 2.03. The van der Waals surface area contributed by atoms with E-state index in [0.717, 1.165) is 12.8 Å². The van der Waals surface area contributed by atoms with E-state index in [4.69, 9.17) is 15.9 Å². The molecule has 0 spiro atoms. The number of hydrogen-bond donors (Lipinski definition) is 3. The van der Waals surface area contributed by atoms with Crippen molar-refractivity contribution in [1.29, 1.82) is 0 Å². The molecule has 104 valence electrons. The van der Waals surface area contributed by atoms with E-state index in [1.54, 1.807) is 6.92 Å². The van der Waals surface area contributed by atoms with Crippen molar-refractivity contribution in [3.8, 4) is 0 Å². The van der Waals surface area contributed by atoms with E-state index in [1.807, 2.05) is 20.8 Å². The lowest BCUT2D eigenvalue weighted by atomic mass is 10.0. The van der Waals surface area contributed by atoms with Gasteiger partial charge in [0, 0.05) is 6.04 Å². The third kappa shape index (κ3) is 16.3. The van der Waals surface area contributed by atoms with E-state index < -0.39 is 0 Å². The van der Waals surface area contributed by atoms with Gasteiger partial charge in [0.1, 0.15) is 0 Å². The first-order valence-corrected chi connectivity index (χ1v) is 5.48. The molecule has 0 amide bonds. The fraction of sp³-hybridized carbons (Fsp3) is 1.00. The summed E-state index contributed by atoms with van der Waals surface area (Å²) in [7, 11) is 0. The molecule has 0 bridgehead atoms. The number of rotatable bonds is 4. The van der Waals surface area contributed by atoms with Gasteiger partial charge in [-0.2, -0.15) is 0 Å². The highest BCUT2D eigenvalue weighted by atomic mass is 16.3. The van der Waals surface area contributed by atoms with E-state index in [0.29, 0.717) is 5.92 Å². The molecule has 0 aliphatic rings. The predicted molar refractivity (Wildman–Crippen MR) is 74.5 cm³/mol. The number of hydrogen-bond acceptors (Lipinski definition) is 3. The van der Waals surface area contributed by atoms with Crippen molar-refractivity contribution in [3.05, 3.63) is 0 Å². The highest BCUT2D eigenvalue weighted by Crippen LogP contribution is 2.04. The van der Waals surface area contributed by atoms with Gasteiger partial charge in [-0.15, -0.1) is 0 Å². The smallest absolute Gasteiger partial charge is 0.0662 e. The minimum Gasteiger partial charge on any atom is -0.393 e. The Morgan fingerprint density at radius 3 is 1.25 bits per heavy atom. The lowest BCUT2D eigenvalue weighted by Crippen LogP contribution is -2.31. The lowest BCUT2D eigenvalue weighted by Gasteiger charge is -2.09. The molecule has 0 aliphatic carbocycles. The highest BCUT2D eigenvalue weighted by molar-refractivity contribution is 4.63. The van der Waals surface area contributed by atoms with Crippen LogP contribution in [0.4, 0.5) is 0 Å². The fourth-order valence-electron chi connectivity index (χ4n) is 0.682. The summed E-state index contributed by atoms with van der Waals surface area (Å²) in [6, 6.07) is -0.0417. The molecule has 0 aliphatic heterocycles. The molecular formula is C13H35NO2. The minimum atomic E-state index is -0.356. The zero-order chi connectivity index (χ0) is 11.7. The van der Waals surface area contributed by atoms with E-state index in [9.17, 15) is 0 Å². The standard InChI is InChI=1S/C6H14O.C5H13NO.2CH4/c1-4-5(2)6(3)7;1-3-5(6)4(2)7;;/h5-7H,4H2,1-3H3;4-5,7H,3,6H2,1-2H3;2*1H4/t5-,6+;4-,5+;;/m01../s1. The molecule has 4 N–H and O–H groups in total. The molecule has 0 unspecified atom stereocenters. The van der Waals surface area contributed by atoms with Crippen LogP contribution in [0, 0.1) is 5.92 Å². The van der Waals surface area contributed by atoms with Crippen LogP contribution in [0.1, 0.15) is 62.3 Å². The summed E-state index contributed by atoms with van der Waals surface area (Å²) < 4.78 is 0. The average molecular weight is 237 g/mol. The van der Waals surface area contributed by atoms with Gasteiger partial charge in [-0.25, -0.2) is 0 Å². The zero-order valence-corrected chi connectivity index (χ0v) is 10.2. The third-order valence-electron chi connectivity index (χ3n) is 2.56. The van der Waals surface area contributed by atoms with Crippen molar-refractivity contribution in [2.24, 2.45) is 11.7 Å². The van der Waals surface area contributed by atoms with Crippen LogP contribution >= 0.6 is 0 Å². The Hall–Kier alpha value is -0.120. The van der Waals surface area contributed by atoms with Crippen molar-refractivity contribution >= 4 is 0 Å². The molecule has 0 rings (SSSR count). The van der Waals surface area contributed by atoms with Crippen LogP contribution in [-0.2, 0) is 0 Å². The molecule has 3 heteroatoms. The SMILES string of the molecule is C.C.CC[C@H](C)[C@@H](C)O.CC[C@H](N)[C@@H](C)O. The molecular weight excluding hydrogens is 202 g/mol. The van der Waals surface area contributed by atoms with Crippen LogP contribution in [0.15, 0.2) is 0 Å². The van der Waals surface area contributed by atoms with Crippen molar-refractivity contribution < 1.29 is 10.2 Å². The first-order valence-electron chi connectivity index (χ1n) is 5.48. The second-order valence-electron chi connectivity index (χ2n) is 3.94.